The van der Waals surface area contributed by atoms with Crippen LogP contribution in [0.4, 0.5) is 0 Å². The summed E-state index contributed by atoms with van der Waals surface area (Å²) in [6, 6.07) is 30.6. The summed E-state index contributed by atoms with van der Waals surface area (Å²) in [6.07, 6.45) is 0. The minimum absolute atomic E-state index is 0.497. The maximum atomic E-state index is 5.25. The number of thiophene rings is 1. The maximum absolute atomic E-state index is 5.25. The summed E-state index contributed by atoms with van der Waals surface area (Å²) < 4.78 is 2.66. The molecular formula is C28H21NS. The molecule has 0 aliphatic carbocycles. The second-order valence-corrected chi connectivity index (χ2v) is 9.27. The molecule has 0 spiro atoms. The summed E-state index contributed by atoms with van der Waals surface area (Å²) >= 11 is 1.89. The van der Waals surface area contributed by atoms with Gasteiger partial charge in [0.2, 0.25) is 0 Å². The Morgan fingerprint density at radius 1 is 0.733 bits per heavy atom. The van der Waals surface area contributed by atoms with Crippen LogP contribution in [0.3, 0.4) is 0 Å². The first-order valence-corrected chi connectivity index (χ1v) is 11.3. The van der Waals surface area contributed by atoms with Gasteiger partial charge >= 0.3 is 0 Å². The van der Waals surface area contributed by atoms with E-state index in [2.05, 4.69) is 98.8 Å². The number of fused-ring (bicyclic) bond motifs is 6. The first-order valence-electron chi connectivity index (χ1n) is 10.4. The molecule has 0 amide bonds. The van der Waals surface area contributed by atoms with E-state index in [4.69, 9.17) is 4.98 Å². The lowest BCUT2D eigenvalue weighted by Crippen LogP contribution is -1.92. The highest BCUT2D eigenvalue weighted by Gasteiger charge is 2.18. The van der Waals surface area contributed by atoms with Crippen LogP contribution in [0.1, 0.15) is 25.3 Å². The standard InChI is InChI=1S/C28H21NS/c1-17(2)19-14-15-24-23(16-19)28-26(22-11-5-6-13-25(22)30-28)27(29-24)21-12-7-9-18-8-3-4-10-20(18)21/h3-17H,1-2H3. The molecule has 0 saturated heterocycles. The summed E-state index contributed by atoms with van der Waals surface area (Å²) in [5.41, 5.74) is 4.72. The average molecular weight is 404 g/mol. The van der Waals surface area contributed by atoms with Crippen LogP contribution in [0, 0.1) is 0 Å². The van der Waals surface area contributed by atoms with Gasteiger partial charge in [-0.3, -0.25) is 0 Å². The van der Waals surface area contributed by atoms with Gasteiger partial charge in [0.05, 0.1) is 11.2 Å². The highest BCUT2D eigenvalue weighted by Crippen LogP contribution is 2.44. The minimum Gasteiger partial charge on any atom is -0.247 e. The molecule has 0 atom stereocenters. The van der Waals surface area contributed by atoms with E-state index in [0.29, 0.717) is 5.92 Å². The number of rotatable bonds is 2. The molecule has 144 valence electrons. The van der Waals surface area contributed by atoms with Crippen LogP contribution in [0.5, 0.6) is 0 Å². The molecule has 0 radical (unpaired) electrons. The predicted octanol–water partition coefficient (Wildman–Crippen LogP) is 8.55. The molecule has 0 saturated carbocycles. The molecule has 0 aliphatic rings. The van der Waals surface area contributed by atoms with Crippen LogP contribution in [0.25, 0.3) is 53.1 Å². The summed E-state index contributed by atoms with van der Waals surface area (Å²) in [7, 11) is 0. The Morgan fingerprint density at radius 2 is 1.50 bits per heavy atom. The van der Waals surface area contributed by atoms with Crippen molar-refractivity contribution in [3.05, 3.63) is 90.5 Å². The number of hydrogen-bond donors (Lipinski definition) is 0. The molecule has 6 aromatic rings. The molecule has 0 aliphatic heterocycles. The molecule has 30 heavy (non-hydrogen) atoms. The first kappa shape index (κ1) is 17.6. The molecule has 4 aromatic carbocycles. The van der Waals surface area contributed by atoms with E-state index in [1.54, 1.807) is 0 Å². The van der Waals surface area contributed by atoms with Crippen LogP contribution < -0.4 is 0 Å². The van der Waals surface area contributed by atoms with Gasteiger partial charge < -0.3 is 0 Å². The van der Waals surface area contributed by atoms with Gasteiger partial charge in [-0.1, -0.05) is 80.6 Å². The van der Waals surface area contributed by atoms with Crippen molar-refractivity contribution in [2.24, 2.45) is 0 Å². The zero-order chi connectivity index (χ0) is 20.2. The molecule has 2 heteroatoms. The van der Waals surface area contributed by atoms with Crippen molar-refractivity contribution in [1.82, 2.24) is 4.98 Å². The molecule has 2 aromatic heterocycles. The molecule has 0 unspecified atom stereocenters. The molecule has 6 rings (SSSR count). The van der Waals surface area contributed by atoms with Gasteiger partial charge in [0.25, 0.3) is 0 Å². The Kier molecular flexibility index (Phi) is 3.90. The summed E-state index contributed by atoms with van der Waals surface area (Å²) in [5, 5.41) is 6.34. The first-order chi connectivity index (χ1) is 14.7. The molecular weight excluding hydrogens is 382 g/mol. The number of hydrogen-bond acceptors (Lipinski definition) is 2. The number of nitrogens with zero attached hydrogens (tertiary/aromatic N) is 1. The van der Waals surface area contributed by atoms with Gasteiger partial charge in [0.15, 0.2) is 0 Å². The van der Waals surface area contributed by atoms with Crippen molar-refractivity contribution in [2.75, 3.05) is 0 Å². The van der Waals surface area contributed by atoms with Crippen molar-refractivity contribution >= 4 is 53.2 Å². The van der Waals surface area contributed by atoms with E-state index in [9.17, 15) is 0 Å². The Morgan fingerprint density at radius 3 is 2.37 bits per heavy atom. The lowest BCUT2D eigenvalue weighted by atomic mass is 9.96. The maximum Gasteiger partial charge on any atom is 0.0809 e. The molecule has 0 N–H and O–H groups in total. The molecule has 0 fully saturated rings. The zero-order valence-electron chi connectivity index (χ0n) is 17.0. The molecule has 2 heterocycles. The summed E-state index contributed by atoms with van der Waals surface area (Å²) in [5.74, 6) is 0.497. The van der Waals surface area contributed by atoms with E-state index in [1.165, 1.54) is 47.5 Å². The van der Waals surface area contributed by atoms with Gasteiger partial charge in [-0.25, -0.2) is 4.98 Å². The Balaban J connectivity index is 1.82. The van der Waals surface area contributed by atoms with Crippen molar-refractivity contribution in [3.8, 4) is 11.3 Å². The second kappa shape index (κ2) is 6.65. The normalized spacial score (nSPS) is 12.0. The van der Waals surface area contributed by atoms with Crippen molar-refractivity contribution in [3.63, 3.8) is 0 Å². The van der Waals surface area contributed by atoms with Gasteiger partial charge in [-0.05, 0) is 40.5 Å². The van der Waals surface area contributed by atoms with Crippen LogP contribution in [-0.4, -0.2) is 4.98 Å². The van der Waals surface area contributed by atoms with Gasteiger partial charge in [0, 0.05) is 31.1 Å². The highest BCUT2D eigenvalue weighted by molar-refractivity contribution is 7.26. The van der Waals surface area contributed by atoms with Crippen LogP contribution in [0.2, 0.25) is 0 Å². The van der Waals surface area contributed by atoms with E-state index in [0.717, 1.165) is 11.2 Å². The quantitative estimate of drug-likeness (QED) is 0.282. The largest absolute Gasteiger partial charge is 0.247 e. The number of aromatic nitrogens is 1. The SMILES string of the molecule is CC(C)c1ccc2nc(-c3cccc4ccccc34)c3c4ccccc4sc3c2c1. The fourth-order valence-electron chi connectivity index (χ4n) is 4.47. The second-order valence-electron chi connectivity index (χ2n) is 8.22. The van der Waals surface area contributed by atoms with E-state index in [1.807, 2.05) is 11.3 Å². The fourth-order valence-corrected chi connectivity index (χ4v) is 5.69. The van der Waals surface area contributed by atoms with Gasteiger partial charge in [-0.2, -0.15) is 0 Å². The average Bonchev–Trinajstić information content (AvgIpc) is 3.18. The third-order valence-corrected chi connectivity index (χ3v) is 7.25. The van der Waals surface area contributed by atoms with E-state index in [-0.39, 0.29) is 0 Å². The Bertz CT molecular complexity index is 1570. The van der Waals surface area contributed by atoms with Crippen molar-refractivity contribution < 1.29 is 0 Å². The van der Waals surface area contributed by atoms with Gasteiger partial charge in [-0.15, -0.1) is 11.3 Å². The smallest absolute Gasteiger partial charge is 0.0809 e. The monoisotopic (exact) mass is 403 g/mol. The van der Waals surface area contributed by atoms with E-state index >= 15 is 0 Å². The topological polar surface area (TPSA) is 12.9 Å². The summed E-state index contributed by atoms with van der Waals surface area (Å²) in [6.45, 7) is 4.50. The highest BCUT2D eigenvalue weighted by atomic mass is 32.1. The van der Waals surface area contributed by atoms with Crippen LogP contribution >= 0.6 is 11.3 Å². The van der Waals surface area contributed by atoms with Gasteiger partial charge in [0.1, 0.15) is 0 Å². The third kappa shape index (κ3) is 2.57. The van der Waals surface area contributed by atoms with Crippen molar-refractivity contribution in [2.45, 2.75) is 19.8 Å². The Labute approximate surface area is 179 Å². The lowest BCUT2D eigenvalue weighted by molar-refractivity contribution is 0.869. The number of benzene rings is 4. The molecule has 0 bridgehead atoms. The Hall–Kier alpha value is -3.23. The summed E-state index contributed by atoms with van der Waals surface area (Å²) in [4.78, 5) is 5.25. The lowest BCUT2D eigenvalue weighted by Gasteiger charge is -2.12. The van der Waals surface area contributed by atoms with Crippen LogP contribution in [0.15, 0.2) is 84.9 Å². The van der Waals surface area contributed by atoms with Crippen LogP contribution in [-0.2, 0) is 0 Å². The van der Waals surface area contributed by atoms with Crippen molar-refractivity contribution in [1.29, 1.82) is 0 Å². The number of pyridine rings is 1. The fraction of sp³-hybridized carbons (Fsp3) is 0.107. The minimum atomic E-state index is 0.497. The van der Waals surface area contributed by atoms with E-state index < -0.39 is 0 Å². The predicted molar refractivity (Wildman–Crippen MR) is 132 cm³/mol. The molecule has 1 nitrogen and oxygen atoms in total. The third-order valence-electron chi connectivity index (χ3n) is 6.04. The zero-order valence-corrected chi connectivity index (χ0v) is 17.8.